The van der Waals surface area contributed by atoms with Gasteiger partial charge in [0.1, 0.15) is 17.7 Å². The van der Waals surface area contributed by atoms with Gasteiger partial charge in [0, 0.05) is 25.6 Å². The Hall–Kier alpha value is -3.38. The van der Waals surface area contributed by atoms with Crippen LogP contribution in [0.5, 0.6) is 5.75 Å². The average molecular weight is 591 g/mol. The second-order valence-corrected chi connectivity index (χ2v) is 11.8. The predicted molar refractivity (Wildman–Crippen MR) is 174 cm³/mol. The van der Waals surface area contributed by atoms with E-state index < -0.39 is 0 Å². The van der Waals surface area contributed by atoms with Crippen LogP contribution in [0.1, 0.15) is 76.5 Å². The highest BCUT2D eigenvalue weighted by Gasteiger charge is 2.26. The minimum absolute atomic E-state index is 0.0886. The van der Waals surface area contributed by atoms with Gasteiger partial charge in [0.05, 0.1) is 24.7 Å². The van der Waals surface area contributed by atoms with Crippen molar-refractivity contribution in [2.75, 3.05) is 38.6 Å². The first-order valence-electron chi connectivity index (χ1n) is 15.8. The highest BCUT2D eigenvalue weighted by Crippen LogP contribution is 2.42. The van der Waals surface area contributed by atoms with Gasteiger partial charge in [-0.1, -0.05) is 50.3 Å². The second kappa shape index (κ2) is 15.4. The van der Waals surface area contributed by atoms with Gasteiger partial charge in [-0.25, -0.2) is 4.39 Å². The van der Waals surface area contributed by atoms with Crippen LogP contribution in [0.15, 0.2) is 77.6 Å². The first-order valence-corrected chi connectivity index (χ1v) is 15.8. The topological polar surface area (TPSA) is 47.7 Å². The molecule has 0 bridgehead atoms. The van der Waals surface area contributed by atoms with Gasteiger partial charge < -0.3 is 15.2 Å². The molecule has 2 aromatic carbocycles. The van der Waals surface area contributed by atoms with E-state index in [4.69, 9.17) is 15.2 Å². The lowest BCUT2D eigenvalue weighted by Gasteiger charge is -2.20. The summed E-state index contributed by atoms with van der Waals surface area (Å²) < 4.78 is 40.4. The number of benzene rings is 2. The molecule has 0 amide bonds. The lowest BCUT2D eigenvalue weighted by atomic mass is 9.85. The maximum Gasteiger partial charge on any atom is 0.149 e. The van der Waals surface area contributed by atoms with Crippen LogP contribution in [0, 0.1) is 11.7 Å². The number of nitrogen functional groups attached to an aromatic ring is 1. The minimum Gasteiger partial charge on any atom is -0.498 e. The first kappa shape index (κ1) is 32.5. The van der Waals surface area contributed by atoms with E-state index in [0.717, 1.165) is 90.2 Å². The van der Waals surface area contributed by atoms with Gasteiger partial charge in [-0.2, -0.15) is 0 Å². The molecule has 1 heterocycles. The number of fused-ring (bicyclic) bond motifs is 1. The maximum atomic E-state index is 15.5. The fourth-order valence-corrected chi connectivity index (χ4v) is 6.11. The molecule has 2 N–H and O–H groups in total. The summed E-state index contributed by atoms with van der Waals surface area (Å²) in [6.07, 6.45) is 8.95. The number of likely N-dealkylation sites (tertiary alicyclic amines) is 1. The monoisotopic (exact) mass is 590 g/mol. The van der Waals surface area contributed by atoms with Gasteiger partial charge in [-0.3, -0.25) is 9.29 Å². The fourth-order valence-electron chi connectivity index (χ4n) is 6.11. The number of hydrogen-bond acceptors (Lipinski definition) is 4. The molecule has 2 unspecified atom stereocenters. The zero-order valence-corrected chi connectivity index (χ0v) is 26.4. The number of halogens is 2. The van der Waals surface area contributed by atoms with Crippen LogP contribution in [0.25, 0.3) is 5.57 Å². The summed E-state index contributed by atoms with van der Waals surface area (Å²) in [5, 5.41) is 0. The maximum absolute atomic E-state index is 15.5. The Morgan fingerprint density at radius 3 is 2.58 bits per heavy atom. The standard InChI is InChI=1S/C37H48F2N2O2/c1-6-26(5)35(42-7-2)19-17-30(25(3)4)31-10-8-11-33-32(16-18-34(40)37(33)39)36(31)27-12-14-28(15-13-27)43-29-20-23-41(24-29)22-9-21-38/h12-19,26,29H,3,6-11,20-24,40H2,1-2,4-5H3/b30-17+,35-19+. The van der Waals surface area contributed by atoms with Crippen LogP contribution in [0.3, 0.4) is 0 Å². The molecule has 1 fully saturated rings. The fraction of sp³-hybridized carbons (Fsp3) is 0.459. The number of nitrogens with zero attached hydrogens (tertiary/aromatic N) is 1. The van der Waals surface area contributed by atoms with Crippen molar-refractivity contribution in [3.8, 4) is 5.75 Å². The molecule has 0 saturated carbocycles. The summed E-state index contributed by atoms with van der Waals surface area (Å²) in [5.41, 5.74) is 12.9. The largest absolute Gasteiger partial charge is 0.498 e. The molecular formula is C37H48F2N2O2. The van der Waals surface area contributed by atoms with Gasteiger partial charge >= 0.3 is 0 Å². The average Bonchev–Trinajstić information content (AvgIpc) is 3.36. The summed E-state index contributed by atoms with van der Waals surface area (Å²) in [4.78, 5) is 2.26. The van der Waals surface area contributed by atoms with Crippen LogP contribution in [-0.2, 0) is 11.2 Å². The third-order valence-electron chi connectivity index (χ3n) is 8.59. The van der Waals surface area contributed by atoms with E-state index in [1.807, 2.05) is 32.0 Å². The molecular weight excluding hydrogens is 542 g/mol. The van der Waals surface area contributed by atoms with Gasteiger partial charge in [0.25, 0.3) is 0 Å². The second-order valence-electron chi connectivity index (χ2n) is 11.8. The lowest BCUT2D eigenvalue weighted by molar-refractivity contribution is 0.194. The van der Waals surface area contributed by atoms with Crippen LogP contribution in [0.4, 0.5) is 14.5 Å². The molecule has 2 aromatic rings. The molecule has 1 aliphatic heterocycles. The molecule has 6 heteroatoms. The molecule has 1 aliphatic carbocycles. The number of nitrogens with two attached hydrogens (primary N) is 1. The van der Waals surface area contributed by atoms with Crippen molar-refractivity contribution in [1.82, 2.24) is 4.90 Å². The smallest absolute Gasteiger partial charge is 0.149 e. The van der Waals surface area contributed by atoms with E-state index in [-0.39, 0.29) is 24.3 Å². The quantitative estimate of drug-likeness (QED) is 0.144. The number of rotatable bonds is 13. The number of allylic oxidation sites excluding steroid dienone is 6. The number of ether oxygens (including phenoxy) is 2. The van der Waals surface area contributed by atoms with E-state index in [9.17, 15) is 4.39 Å². The summed E-state index contributed by atoms with van der Waals surface area (Å²) >= 11 is 0. The molecule has 0 aromatic heterocycles. The Kier molecular flexibility index (Phi) is 11.6. The molecule has 43 heavy (non-hydrogen) atoms. The van der Waals surface area contributed by atoms with Gasteiger partial charge in [0.15, 0.2) is 0 Å². The zero-order valence-electron chi connectivity index (χ0n) is 26.4. The summed E-state index contributed by atoms with van der Waals surface area (Å²) in [7, 11) is 0. The molecule has 1 saturated heterocycles. The highest BCUT2D eigenvalue weighted by molar-refractivity contribution is 5.88. The molecule has 232 valence electrons. The number of hydrogen-bond donors (Lipinski definition) is 1. The van der Waals surface area contributed by atoms with E-state index in [1.165, 1.54) is 0 Å². The first-order chi connectivity index (χ1) is 20.8. The molecule has 2 aliphatic rings. The van der Waals surface area contributed by atoms with Crippen molar-refractivity contribution in [2.24, 2.45) is 5.92 Å². The van der Waals surface area contributed by atoms with Crippen molar-refractivity contribution in [1.29, 1.82) is 0 Å². The van der Waals surface area contributed by atoms with Crippen molar-refractivity contribution >= 4 is 11.3 Å². The van der Waals surface area contributed by atoms with Crippen molar-refractivity contribution in [3.63, 3.8) is 0 Å². The third kappa shape index (κ3) is 7.97. The van der Waals surface area contributed by atoms with Crippen LogP contribution >= 0.6 is 0 Å². The number of alkyl halides is 1. The van der Waals surface area contributed by atoms with Crippen LogP contribution < -0.4 is 10.5 Å². The summed E-state index contributed by atoms with van der Waals surface area (Å²) in [6, 6.07) is 11.8. The normalized spacial score (nSPS) is 18.8. The molecule has 4 rings (SSSR count). The summed E-state index contributed by atoms with van der Waals surface area (Å²) in [5.74, 6) is 1.72. The minimum atomic E-state index is -0.328. The molecule has 0 spiro atoms. The lowest BCUT2D eigenvalue weighted by Crippen LogP contribution is -2.26. The van der Waals surface area contributed by atoms with Gasteiger partial charge in [-0.05, 0) is 110 Å². The molecule has 2 atom stereocenters. The Labute approximate surface area is 256 Å². The Balaban J connectivity index is 1.77. The number of anilines is 1. The predicted octanol–water partition coefficient (Wildman–Crippen LogP) is 8.83. The van der Waals surface area contributed by atoms with E-state index >= 15 is 4.39 Å². The van der Waals surface area contributed by atoms with Crippen molar-refractivity contribution in [2.45, 2.75) is 72.3 Å². The molecule has 4 nitrogen and oxygen atoms in total. The van der Waals surface area contributed by atoms with Crippen LogP contribution in [0.2, 0.25) is 0 Å². The third-order valence-corrected chi connectivity index (χ3v) is 8.59. The van der Waals surface area contributed by atoms with Gasteiger partial charge in [0.2, 0.25) is 0 Å². The summed E-state index contributed by atoms with van der Waals surface area (Å²) in [6.45, 7) is 15.5. The van der Waals surface area contributed by atoms with Crippen molar-refractivity contribution in [3.05, 3.63) is 100 Å². The van der Waals surface area contributed by atoms with E-state index in [2.05, 4.69) is 49.6 Å². The van der Waals surface area contributed by atoms with Crippen molar-refractivity contribution < 1.29 is 18.3 Å². The van der Waals surface area contributed by atoms with Gasteiger partial charge in [-0.15, -0.1) is 0 Å². The highest BCUT2D eigenvalue weighted by atomic mass is 19.1. The van der Waals surface area contributed by atoms with E-state index in [1.54, 1.807) is 6.07 Å². The Morgan fingerprint density at radius 2 is 1.91 bits per heavy atom. The zero-order chi connectivity index (χ0) is 30.9. The molecule has 0 radical (unpaired) electrons. The Bertz CT molecular complexity index is 1360. The van der Waals surface area contributed by atoms with E-state index in [0.29, 0.717) is 30.9 Å². The van der Waals surface area contributed by atoms with Crippen LogP contribution in [-0.4, -0.2) is 43.9 Å². The SMILES string of the molecule is C=C(C)/C(=C\C=C(\OCC)C(C)CC)C1=C(c2ccc(OC3CCN(CCCF)C3)cc2)c2ccc(N)c(F)c2CCC1. The Morgan fingerprint density at radius 1 is 1.14 bits per heavy atom.